The van der Waals surface area contributed by atoms with Crippen LogP contribution in [0.4, 0.5) is 11.4 Å². The molecular weight excluding hydrogens is 476 g/mol. The zero-order chi connectivity index (χ0) is 26.2. The second-order valence-electron chi connectivity index (χ2n) is 7.78. The Kier molecular flexibility index (Phi) is 7.69. The van der Waals surface area contributed by atoms with Crippen LogP contribution in [0.2, 0.25) is 0 Å². The molecule has 37 heavy (non-hydrogen) atoms. The number of ether oxygens (including phenoxy) is 2. The van der Waals surface area contributed by atoms with Crippen molar-refractivity contribution in [1.29, 1.82) is 0 Å². The van der Waals surface area contributed by atoms with Crippen molar-refractivity contribution < 1.29 is 24.0 Å². The zero-order valence-corrected chi connectivity index (χ0v) is 19.7. The van der Waals surface area contributed by atoms with Crippen molar-refractivity contribution >= 4 is 40.2 Å². The van der Waals surface area contributed by atoms with Gasteiger partial charge < -0.3 is 14.8 Å². The number of nitrogens with zero attached hydrogens (tertiary/aromatic N) is 2. The number of nitro groups is 1. The predicted molar refractivity (Wildman–Crippen MR) is 139 cm³/mol. The van der Waals surface area contributed by atoms with Gasteiger partial charge in [0.15, 0.2) is 11.5 Å². The Morgan fingerprint density at radius 3 is 2.49 bits per heavy atom. The fourth-order valence-electron chi connectivity index (χ4n) is 3.50. The first-order chi connectivity index (χ1) is 17.9. The molecule has 0 aromatic heterocycles. The monoisotopic (exact) mass is 498 g/mol. The van der Waals surface area contributed by atoms with E-state index in [1.54, 1.807) is 12.1 Å². The standard InChI is InChI=1S/C27H22N4O6/c1-36-25-15-18(9-14-24(25)37-27(33)20-10-12-21(13-11-20)31(34)35)16-29-30-26(32)17-28-23-8-4-6-19-5-2-3-7-22(19)23/h2-16,28H,17H2,1H3,(H,30,32)/b29-16+. The molecule has 4 rings (SSSR count). The van der Waals surface area contributed by atoms with Crippen LogP contribution < -0.4 is 20.2 Å². The first-order valence-electron chi connectivity index (χ1n) is 11.1. The lowest BCUT2D eigenvalue weighted by Crippen LogP contribution is -2.25. The van der Waals surface area contributed by atoms with E-state index in [4.69, 9.17) is 9.47 Å². The number of methoxy groups -OCH3 is 1. The number of fused-ring (bicyclic) bond motifs is 1. The number of benzene rings is 4. The third kappa shape index (κ3) is 6.25. The molecule has 0 saturated carbocycles. The number of carbonyl (C=O) groups excluding carboxylic acids is 2. The quantitative estimate of drug-likeness (QED) is 0.114. The largest absolute Gasteiger partial charge is 0.493 e. The van der Waals surface area contributed by atoms with E-state index in [1.165, 1.54) is 43.7 Å². The van der Waals surface area contributed by atoms with Crippen LogP contribution in [0.25, 0.3) is 10.8 Å². The smallest absolute Gasteiger partial charge is 0.343 e. The summed E-state index contributed by atoms with van der Waals surface area (Å²) in [5.41, 5.74) is 3.92. The van der Waals surface area contributed by atoms with E-state index in [2.05, 4.69) is 15.8 Å². The highest BCUT2D eigenvalue weighted by atomic mass is 16.6. The number of hydrazone groups is 1. The lowest BCUT2D eigenvalue weighted by Gasteiger charge is -2.10. The number of nitro benzene ring substituents is 1. The summed E-state index contributed by atoms with van der Waals surface area (Å²) in [5.74, 6) is -0.597. The number of hydrogen-bond donors (Lipinski definition) is 2. The Morgan fingerprint density at radius 1 is 0.973 bits per heavy atom. The maximum absolute atomic E-state index is 12.4. The van der Waals surface area contributed by atoms with Crippen molar-refractivity contribution in [3.05, 3.63) is 106 Å². The normalized spacial score (nSPS) is 10.7. The van der Waals surface area contributed by atoms with Crippen LogP contribution >= 0.6 is 0 Å². The Labute approximate surface area is 211 Å². The van der Waals surface area contributed by atoms with Crippen LogP contribution in [-0.4, -0.2) is 36.7 Å². The van der Waals surface area contributed by atoms with Crippen molar-refractivity contribution in [1.82, 2.24) is 5.43 Å². The molecule has 0 saturated heterocycles. The van der Waals surface area contributed by atoms with Crippen LogP contribution in [-0.2, 0) is 4.79 Å². The summed E-state index contributed by atoms with van der Waals surface area (Å²) >= 11 is 0. The fraction of sp³-hybridized carbons (Fsp3) is 0.0741. The SMILES string of the molecule is COc1cc(/C=N/NC(=O)CNc2cccc3ccccc23)ccc1OC(=O)c1ccc([N+](=O)[O-])cc1. The first kappa shape index (κ1) is 24.9. The number of nitrogens with one attached hydrogen (secondary N) is 2. The molecule has 0 fully saturated rings. The average molecular weight is 498 g/mol. The van der Waals surface area contributed by atoms with Crippen LogP contribution in [0.15, 0.2) is 90.0 Å². The first-order valence-corrected chi connectivity index (χ1v) is 11.1. The molecule has 0 bridgehead atoms. The number of esters is 1. The molecule has 1 amide bonds. The van der Waals surface area contributed by atoms with E-state index in [9.17, 15) is 19.7 Å². The van der Waals surface area contributed by atoms with E-state index in [-0.39, 0.29) is 35.2 Å². The molecule has 0 aliphatic carbocycles. The van der Waals surface area contributed by atoms with Crippen molar-refractivity contribution in [2.24, 2.45) is 5.10 Å². The minimum Gasteiger partial charge on any atom is -0.493 e. The van der Waals surface area contributed by atoms with Gasteiger partial charge in [-0.1, -0.05) is 36.4 Å². The average Bonchev–Trinajstić information content (AvgIpc) is 2.92. The predicted octanol–water partition coefficient (Wildman–Crippen LogP) is 4.54. The minimum absolute atomic E-state index is 0.0339. The lowest BCUT2D eigenvalue weighted by molar-refractivity contribution is -0.384. The highest BCUT2D eigenvalue weighted by molar-refractivity contribution is 5.95. The highest BCUT2D eigenvalue weighted by Gasteiger charge is 2.14. The van der Waals surface area contributed by atoms with Crippen LogP contribution in [0.5, 0.6) is 11.5 Å². The topological polar surface area (TPSA) is 132 Å². The van der Waals surface area contributed by atoms with Gasteiger partial charge in [0.05, 0.1) is 30.4 Å². The Hall–Kier alpha value is -5.25. The maximum Gasteiger partial charge on any atom is 0.343 e. The molecule has 0 aliphatic heterocycles. The number of non-ortho nitro benzene ring substituents is 1. The molecule has 2 N–H and O–H groups in total. The molecule has 0 radical (unpaired) electrons. The Balaban J connectivity index is 1.34. The second kappa shape index (κ2) is 11.5. The van der Waals surface area contributed by atoms with Crippen molar-refractivity contribution in [3.63, 3.8) is 0 Å². The van der Waals surface area contributed by atoms with Crippen LogP contribution in [0.1, 0.15) is 15.9 Å². The number of carbonyl (C=O) groups is 2. The Bertz CT molecular complexity index is 1480. The molecular formula is C27H22N4O6. The molecule has 0 spiro atoms. The van der Waals surface area contributed by atoms with Gasteiger partial charge in [-0.05, 0) is 47.3 Å². The minimum atomic E-state index is -0.694. The summed E-state index contributed by atoms with van der Waals surface area (Å²) in [4.78, 5) is 34.8. The lowest BCUT2D eigenvalue weighted by atomic mass is 10.1. The van der Waals surface area contributed by atoms with Gasteiger partial charge in [0.1, 0.15) is 0 Å². The number of rotatable bonds is 9. The summed E-state index contributed by atoms with van der Waals surface area (Å²) in [7, 11) is 1.42. The van der Waals surface area contributed by atoms with Crippen molar-refractivity contribution in [2.45, 2.75) is 0 Å². The number of anilines is 1. The van der Waals surface area contributed by atoms with E-state index < -0.39 is 10.9 Å². The van der Waals surface area contributed by atoms with E-state index in [0.717, 1.165) is 16.5 Å². The fourth-order valence-corrected chi connectivity index (χ4v) is 3.50. The van der Waals surface area contributed by atoms with Gasteiger partial charge in [-0.2, -0.15) is 5.10 Å². The molecule has 10 heteroatoms. The van der Waals surface area contributed by atoms with Crippen molar-refractivity contribution in [2.75, 3.05) is 19.0 Å². The van der Waals surface area contributed by atoms with Gasteiger partial charge in [-0.3, -0.25) is 14.9 Å². The molecule has 0 atom stereocenters. The Morgan fingerprint density at radius 2 is 1.73 bits per heavy atom. The molecule has 10 nitrogen and oxygen atoms in total. The summed E-state index contributed by atoms with van der Waals surface area (Å²) in [6.07, 6.45) is 1.43. The third-order valence-corrected chi connectivity index (χ3v) is 5.34. The van der Waals surface area contributed by atoms with Crippen LogP contribution in [0, 0.1) is 10.1 Å². The molecule has 186 valence electrons. The third-order valence-electron chi connectivity index (χ3n) is 5.34. The van der Waals surface area contributed by atoms with E-state index in [0.29, 0.717) is 5.56 Å². The van der Waals surface area contributed by atoms with Gasteiger partial charge in [0.2, 0.25) is 0 Å². The summed E-state index contributed by atoms with van der Waals surface area (Å²) < 4.78 is 10.7. The van der Waals surface area contributed by atoms with Gasteiger partial charge in [0.25, 0.3) is 11.6 Å². The number of amides is 1. The second-order valence-corrected chi connectivity index (χ2v) is 7.78. The van der Waals surface area contributed by atoms with Crippen molar-refractivity contribution in [3.8, 4) is 11.5 Å². The number of hydrogen-bond acceptors (Lipinski definition) is 8. The molecule has 4 aromatic carbocycles. The molecule has 0 aliphatic rings. The molecule has 0 heterocycles. The molecule has 4 aromatic rings. The molecule has 0 unspecified atom stereocenters. The van der Waals surface area contributed by atoms with Crippen LogP contribution in [0.3, 0.4) is 0 Å². The zero-order valence-electron chi connectivity index (χ0n) is 19.7. The van der Waals surface area contributed by atoms with E-state index >= 15 is 0 Å². The van der Waals surface area contributed by atoms with E-state index in [1.807, 2.05) is 42.5 Å². The summed E-state index contributed by atoms with van der Waals surface area (Å²) in [5, 5.41) is 19.9. The highest BCUT2D eigenvalue weighted by Crippen LogP contribution is 2.28. The maximum atomic E-state index is 12.4. The summed E-state index contributed by atoms with van der Waals surface area (Å²) in [6.45, 7) is 0.0339. The van der Waals surface area contributed by atoms with Gasteiger partial charge in [-0.15, -0.1) is 0 Å². The van der Waals surface area contributed by atoms with Gasteiger partial charge in [-0.25, -0.2) is 10.2 Å². The van der Waals surface area contributed by atoms with Gasteiger partial charge >= 0.3 is 5.97 Å². The summed E-state index contributed by atoms with van der Waals surface area (Å²) in [6, 6.07) is 23.5. The van der Waals surface area contributed by atoms with Gasteiger partial charge in [0, 0.05) is 23.2 Å².